The molecule has 3 aromatic rings. The molecule has 1 aliphatic heterocycles. The summed E-state index contributed by atoms with van der Waals surface area (Å²) in [5.74, 6) is 1.80. The number of para-hydroxylation sites is 4. The second-order valence-electron chi connectivity index (χ2n) is 5.25. The third-order valence-electron chi connectivity index (χ3n) is 3.79. The summed E-state index contributed by atoms with van der Waals surface area (Å²) in [7, 11) is 0. The van der Waals surface area contributed by atoms with Crippen molar-refractivity contribution in [1.29, 1.82) is 0 Å². The van der Waals surface area contributed by atoms with Gasteiger partial charge in [0.05, 0.1) is 11.4 Å². The van der Waals surface area contributed by atoms with Gasteiger partial charge in [-0.15, -0.1) is 0 Å². The van der Waals surface area contributed by atoms with E-state index in [1.807, 2.05) is 36.4 Å². The molecule has 0 radical (unpaired) electrons. The molecular weight excluding hydrogens is 338 g/mol. The Morgan fingerprint density at radius 2 is 1.27 bits per heavy atom. The minimum atomic E-state index is 0.810. The summed E-state index contributed by atoms with van der Waals surface area (Å²) in [4.78, 5) is 2.30. The maximum absolute atomic E-state index is 6.02. The first-order valence-corrected chi connectivity index (χ1v) is 7.98. The van der Waals surface area contributed by atoms with Crippen molar-refractivity contribution in [2.75, 3.05) is 4.90 Å². The lowest BCUT2D eigenvalue weighted by molar-refractivity contribution is 0.473. The number of benzene rings is 3. The quantitative estimate of drug-likeness (QED) is 0.570. The molecule has 4 rings (SSSR count). The monoisotopic (exact) mass is 351 g/mol. The molecule has 0 N–H and O–H groups in total. The summed E-state index contributed by atoms with van der Waals surface area (Å²) >= 11 is 3.49. The number of hydrogen-bond donors (Lipinski definition) is 0. The van der Waals surface area contributed by atoms with E-state index in [1.54, 1.807) is 0 Å². The third-order valence-corrected chi connectivity index (χ3v) is 4.31. The van der Waals surface area contributed by atoms with Crippen LogP contribution in [-0.2, 0) is 6.54 Å². The zero-order chi connectivity index (χ0) is 14.9. The number of ether oxygens (including phenoxy) is 1. The fourth-order valence-electron chi connectivity index (χ4n) is 2.72. The van der Waals surface area contributed by atoms with Gasteiger partial charge in [-0.2, -0.15) is 0 Å². The number of nitrogens with zero attached hydrogens (tertiary/aromatic N) is 1. The predicted octanol–water partition coefficient (Wildman–Crippen LogP) is 5.89. The van der Waals surface area contributed by atoms with Crippen molar-refractivity contribution in [3.05, 3.63) is 82.8 Å². The lowest BCUT2D eigenvalue weighted by atomic mass is 10.1. The van der Waals surface area contributed by atoms with Crippen LogP contribution in [0.2, 0.25) is 0 Å². The molecule has 0 unspecified atom stereocenters. The summed E-state index contributed by atoms with van der Waals surface area (Å²) < 4.78 is 7.11. The molecule has 108 valence electrons. The van der Waals surface area contributed by atoms with Crippen LogP contribution in [0.4, 0.5) is 11.4 Å². The van der Waals surface area contributed by atoms with E-state index in [2.05, 4.69) is 57.2 Å². The number of anilines is 2. The van der Waals surface area contributed by atoms with Crippen LogP contribution >= 0.6 is 15.9 Å². The van der Waals surface area contributed by atoms with Gasteiger partial charge in [0.2, 0.25) is 0 Å². The number of halogens is 1. The van der Waals surface area contributed by atoms with E-state index in [4.69, 9.17) is 4.74 Å². The summed E-state index contributed by atoms with van der Waals surface area (Å²) in [5, 5.41) is 0. The van der Waals surface area contributed by atoms with Crippen molar-refractivity contribution in [2.24, 2.45) is 0 Å². The lowest BCUT2D eigenvalue weighted by Gasteiger charge is -2.32. The predicted molar refractivity (Wildman–Crippen MR) is 92.9 cm³/mol. The van der Waals surface area contributed by atoms with Crippen LogP contribution in [0.1, 0.15) is 5.56 Å². The fourth-order valence-corrected chi connectivity index (χ4v) is 2.99. The van der Waals surface area contributed by atoms with Gasteiger partial charge in [-0.1, -0.05) is 52.3 Å². The van der Waals surface area contributed by atoms with Crippen LogP contribution in [-0.4, -0.2) is 0 Å². The Morgan fingerprint density at radius 1 is 0.727 bits per heavy atom. The van der Waals surface area contributed by atoms with E-state index in [1.165, 1.54) is 5.56 Å². The van der Waals surface area contributed by atoms with Gasteiger partial charge in [0.15, 0.2) is 11.5 Å². The van der Waals surface area contributed by atoms with Crippen molar-refractivity contribution in [3.63, 3.8) is 0 Å². The Kier molecular flexibility index (Phi) is 3.35. The molecule has 1 aliphatic rings. The van der Waals surface area contributed by atoms with Crippen LogP contribution in [0.3, 0.4) is 0 Å². The van der Waals surface area contributed by atoms with E-state index in [-0.39, 0.29) is 0 Å². The van der Waals surface area contributed by atoms with Crippen LogP contribution in [0.15, 0.2) is 77.3 Å². The summed E-state index contributed by atoms with van der Waals surface area (Å²) in [6.07, 6.45) is 0. The van der Waals surface area contributed by atoms with Crippen molar-refractivity contribution in [1.82, 2.24) is 0 Å². The Balaban J connectivity index is 1.79. The van der Waals surface area contributed by atoms with E-state index < -0.39 is 0 Å². The molecule has 0 saturated heterocycles. The molecule has 0 atom stereocenters. The van der Waals surface area contributed by atoms with Gasteiger partial charge in [-0.05, 0) is 42.0 Å². The molecule has 1 heterocycles. The highest BCUT2D eigenvalue weighted by Gasteiger charge is 2.23. The van der Waals surface area contributed by atoms with Crippen LogP contribution in [0.5, 0.6) is 11.5 Å². The second-order valence-corrected chi connectivity index (χ2v) is 6.17. The van der Waals surface area contributed by atoms with E-state index in [0.717, 1.165) is 33.9 Å². The summed E-state index contributed by atoms with van der Waals surface area (Å²) in [5.41, 5.74) is 3.46. The van der Waals surface area contributed by atoms with Gasteiger partial charge in [0, 0.05) is 11.0 Å². The number of fused-ring (bicyclic) bond motifs is 2. The SMILES string of the molecule is Brc1ccc(CN2c3ccccc3Oc3ccccc32)cc1. The molecule has 22 heavy (non-hydrogen) atoms. The lowest BCUT2D eigenvalue weighted by Crippen LogP contribution is -2.20. The Bertz CT molecular complexity index is 768. The molecule has 0 aromatic heterocycles. The van der Waals surface area contributed by atoms with Gasteiger partial charge in [-0.3, -0.25) is 0 Å². The molecule has 0 spiro atoms. The summed E-state index contributed by atoms with van der Waals surface area (Å²) in [6.45, 7) is 0.810. The first-order chi connectivity index (χ1) is 10.8. The average molecular weight is 352 g/mol. The van der Waals surface area contributed by atoms with Gasteiger partial charge in [0.25, 0.3) is 0 Å². The third kappa shape index (κ3) is 2.38. The van der Waals surface area contributed by atoms with Crippen LogP contribution in [0.25, 0.3) is 0 Å². The molecule has 2 nitrogen and oxygen atoms in total. The van der Waals surface area contributed by atoms with Crippen molar-refractivity contribution in [2.45, 2.75) is 6.54 Å². The fraction of sp³-hybridized carbons (Fsp3) is 0.0526. The highest BCUT2D eigenvalue weighted by molar-refractivity contribution is 9.10. The van der Waals surface area contributed by atoms with Crippen LogP contribution < -0.4 is 9.64 Å². The van der Waals surface area contributed by atoms with E-state index in [0.29, 0.717) is 0 Å². The maximum atomic E-state index is 6.02. The number of hydrogen-bond acceptors (Lipinski definition) is 2. The van der Waals surface area contributed by atoms with E-state index >= 15 is 0 Å². The van der Waals surface area contributed by atoms with E-state index in [9.17, 15) is 0 Å². The van der Waals surface area contributed by atoms with Gasteiger partial charge >= 0.3 is 0 Å². The molecule has 0 amide bonds. The molecule has 0 bridgehead atoms. The largest absolute Gasteiger partial charge is 0.453 e. The van der Waals surface area contributed by atoms with Gasteiger partial charge < -0.3 is 9.64 Å². The molecule has 3 heteroatoms. The topological polar surface area (TPSA) is 12.5 Å². The minimum absolute atomic E-state index is 0.810. The Morgan fingerprint density at radius 3 is 1.86 bits per heavy atom. The Hall–Kier alpha value is -2.26. The van der Waals surface area contributed by atoms with Crippen molar-refractivity contribution < 1.29 is 4.74 Å². The first kappa shape index (κ1) is 13.4. The van der Waals surface area contributed by atoms with Gasteiger partial charge in [0.1, 0.15) is 0 Å². The molecule has 0 saturated carbocycles. The number of rotatable bonds is 2. The smallest absolute Gasteiger partial charge is 0.151 e. The molecule has 0 aliphatic carbocycles. The highest BCUT2D eigenvalue weighted by atomic mass is 79.9. The van der Waals surface area contributed by atoms with Gasteiger partial charge in [-0.25, -0.2) is 0 Å². The summed E-state index contributed by atoms with van der Waals surface area (Å²) in [6, 6.07) is 24.8. The van der Waals surface area contributed by atoms with Crippen molar-refractivity contribution >= 4 is 27.3 Å². The molecule has 0 fully saturated rings. The molecule has 3 aromatic carbocycles. The maximum Gasteiger partial charge on any atom is 0.151 e. The minimum Gasteiger partial charge on any atom is -0.453 e. The molecular formula is C19H14BrNO. The average Bonchev–Trinajstić information content (AvgIpc) is 2.56. The normalized spacial score (nSPS) is 12.3. The Labute approximate surface area is 138 Å². The standard InChI is InChI=1S/C19H14BrNO/c20-15-11-9-14(10-12-15)13-21-16-5-1-3-7-18(16)22-19-8-4-2-6-17(19)21/h1-12H,13H2. The zero-order valence-corrected chi connectivity index (χ0v) is 13.5. The zero-order valence-electron chi connectivity index (χ0n) is 11.9. The second kappa shape index (κ2) is 5.50. The first-order valence-electron chi connectivity index (χ1n) is 7.19. The highest BCUT2D eigenvalue weighted by Crippen LogP contribution is 2.46. The van der Waals surface area contributed by atoms with Crippen LogP contribution in [0, 0.1) is 0 Å². The van der Waals surface area contributed by atoms with Crippen molar-refractivity contribution in [3.8, 4) is 11.5 Å².